The molecule has 2 N–H and O–H groups in total. The van der Waals surface area contributed by atoms with E-state index in [1.54, 1.807) is 121 Å². The van der Waals surface area contributed by atoms with Gasteiger partial charge in [-0.1, -0.05) is 72.8 Å². The van der Waals surface area contributed by atoms with Crippen LogP contribution in [0.1, 0.15) is 0 Å². The fraction of sp³-hybridized carbons (Fsp3) is 0.138. The maximum atomic E-state index is 14.0. The van der Waals surface area contributed by atoms with Gasteiger partial charge in [0.05, 0.1) is 0 Å². The van der Waals surface area contributed by atoms with E-state index in [0.29, 0.717) is 0 Å². The van der Waals surface area contributed by atoms with Crippen LogP contribution in [0, 0.1) is 0 Å². The van der Waals surface area contributed by atoms with Crippen LogP contribution in [0.3, 0.4) is 0 Å². The molecule has 4 aromatic rings. The topological polar surface area (TPSA) is 135 Å². The van der Waals surface area contributed by atoms with Crippen LogP contribution < -0.4 is 18.1 Å². The van der Waals surface area contributed by atoms with Crippen LogP contribution in [-0.4, -0.2) is 51.1 Å². The second-order valence-electron chi connectivity index (χ2n) is 9.17. The highest BCUT2D eigenvalue weighted by Gasteiger charge is 2.51. The molecule has 11 nitrogen and oxygen atoms in total. The fourth-order valence-corrected chi connectivity index (χ4v) is 7.50. The standard InChI is InChI=1S/C29H28N2O9P2/c32-27-28(33)31(22-42(36,39-25-17-9-3-10-18-25)40-26-19-11-4-12-20-26)29(34)30(27)21-41(35,37-23-13-5-1-6-14-23)38-24-15-7-2-8-16-24/h1-20,27-28,32-33H,21-22H2. The van der Waals surface area contributed by atoms with Crippen LogP contribution in [0.4, 0.5) is 4.79 Å². The second kappa shape index (κ2) is 12.7. The number of rotatable bonds is 12. The Morgan fingerprint density at radius 3 is 0.976 bits per heavy atom. The molecule has 0 aliphatic carbocycles. The Bertz CT molecular complexity index is 1360. The van der Waals surface area contributed by atoms with Gasteiger partial charge >= 0.3 is 21.2 Å². The summed E-state index contributed by atoms with van der Waals surface area (Å²) in [6, 6.07) is 31.8. The zero-order valence-corrected chi connectivity index (χ0v) is 23.9. The Labute approximate surface area is 242 Å². The van der Waals surface area contributed by atoms with E-state index < -0.39 is 46.3 Å². The Hall–Kier alpha value is -4.27. The van der Waals surface area contributed by atoms with Crippen molar-refractivity contribution in [3.63, 3.8) is 0 Å². The molecule has 0 radical (unpaired) electrons. The normalized spacial score (nSPS) is 17.1. The molecule has 1 aliphatic heterocycles. The minimum Gasteiger partial charge on any atom is -0.415 e. The largest absolute Gasteiger partial charge is 0.450 e. The van der Waals surface area contributed by atoms with Crippen molar-refractivity contribution in [2.24, 2.45) is 0 Å². The lowest BCUT2D eigenvalue weighted by atomic mass is 10.3. The summed E-state index contributed by atoms with van der Waals surface area (Å²) in [7, 11) is -8.45. The van der Waals surface area contributed by atoms with E-state index in [4.69, 9.17) is 18.1 Å². The Balaban J connectivity index is 1.40. The van der Waals surface area contributed by atoms with Crippen LogP contribution in [0.25, 0.3) is 0 Å². The quantitative estimate of drug-likeness (QED) is 0.186. The van der Waals surface area contributed by atoms with Crippen LogP contribution in [0.15, 0.2) is 121 Å². The molecule has 2 unspecified atom stereocenters. The molecule has 2 atom stereocenters. The smallest absolute Gasteiger partial charge is 0.415 e. The average Bonchev–Trinajstić information content (AvgIpc) is 3.17. The lowest BCUT2D eigenvalue weighted by Gasteiger charge is -2.26. The molecule has 13 heteroatoms. The first-order valence-corrected chi connectivity index (χ1v) is 16.3. The summed E-state index contributed by atoms with van der Waals surface area (Å²) in [6.07, 6.45) is -5.22. The first-order chi connectivity index (χ1) is 20.2. The van der Waals surface area contributed by atoms with Gasteiger partial charge in [-0.2, -0.15) is 0 Å². The monoisotopic (exact) mass is 610 g/mol. The molecule has 5 rings (SSSR count). The summed E-state index contributed by atoms with van der Waals surface area (Å²) >= 11 is 0. The predicted molar refractivity (Wildman–Crippen MR) is 154 cm³/mol. The highest BCUT2D eigenvalue weighted by Crippen LogP contribution is 2.52. The third kappa shape index (κ3) is 7.13. The zero-order chi connectivity index (χ0) is 29.6. The van der Waals surface area contributed by atoms with Crippen molar-refractivity contribution in [2.45, 2.75) is 12.5 Å². The number of urea groups is 1. The van der Waals surface area contributed by atoms with Crippen molar-refractivity contribution in [1.29, 1.82) is 0 Å². The number of carbonyl (C=O) groups excluding carboxylic acids is 1. The van der Waals surface area contributed by atoms with E-state index in [9.17, 15) is 24.1 Å². The van der Waals surface area contributed by atoms with E-state index in [2.05, 4.69) is 0 Å². The number of para-hydroxylation sites is 4. The highest BCUT2D eigenvalue weighted by molar-refractivity contribution is 7.55. The molecule has 1 saturated heterocycles. The lowest BCUT2D eigenvalue weighted by molar-refractivity contribution is -0.0601. The van der Waals surface area contributed by atoms with Gasteiger partial charge in [-0.15, -0.1) is 0 Å². The van der Waals surface area contributed by atoms with Gasteiger partial charge in [0.25, 0.3) is 0 Å². The van der Waals surface area contributed by atoms with Gasteiger partial charge in [0.1, 0.15) is 35.6 Å². The van der Waals surface area contributed by atoms with Gasteiger partial charge in [-0.3, -0.25) is 9.80 Å². The number of hydrogen-bond acceptors (Lipinski definition) is 9. The Morgan fingerprint density at radius 1 is 0.500 bits per heavy atom. The lowest BCUT2D eigenvalue weighted by Crippen LogP contribution is -2.38. The number of nitrogens with zero attached hydrogens (tertiary/aromatic N) is 2. The third-order valence-electron chi connectivity index (χ3n) is 6.00. The maximum Gasteiger partial charge on any atom is 0.450 e. The minimum absolute atomic E-state index is 0.201. The molecule has 218 valence electrons. The fourth-order valence-electron chi connectivity index (χ4n) is 4.10. The van der Waals surface area contributed by atoms with Gasteiger partial charge in [0, 0.05) is 0 Å². The van der Waals surface area contributed by atoms with Gasteiger partial charge in [-0.05, 0) is 48.5 Å². The first kappa shape index (κ1) is 29.2. The zero-order valence-electron chi connectivity index (χ0n) is 22.2. The molecule has 0 bridgehead atoms. The summed E-state index contributed by atoms with van der Waals surface area (Å²) in [5, 5.41) is 21.8. The molecule has 1 aliphatic rings. The maximum absolute atomic E-state index is 14.0. The van der Waals surface area contributed by atoms with Gasteiger partial charge < -0.3 is 28.3 Å². The SMILES string of the molecule is O=C1N(CP(=O)(Oc2ccccc2)Oc2ccccc2)C(O)C(O)N1CP(=O)(Oc1ccccc1)Oc1ccccc1. The predicted octanol–water partition coefficient (Wildman–Crippen LogP) is 5.98. The van der Waals surface area contributed by atoms with Crippen molar-refractivity contribution in [3.05, 3.63) is 121 Å². The highest BCUT2D eigenvalue weighted by atomic mass is 31.2. The number of aliphatic hydroxyl groups excluding tert-OH is 2. The molecule has 42 heavy (non-hydrogen) atoms. The van der Waals surface area contributed by atoms with Crippen LogP contribution in [0.5, 0.6) is 23.0 Å². The number of carbonyl (C=O) groups is 1. The summed E-state index contributed by atoms with van der Waals surface area (Å²) in [4.78, 5) is 15.0. The van der Waals surface area contributed by atoms with Crippen molar-refractivity contribution in [1.82, 2.24) is 9.80 Å². The van der Waals surface area contributed by atoms with E-state index >= 15 is 0 Å². The number of benzene rings is 4. The Kier molecular flexibility index (Phi) is 8.85. The van der Waals surface area contributed by atoms with Crippen LogP contribution >= 0.6 is 15.2 Å². The summed E-state index contributed by atoms with van der Waals surface area (Å²) in [6.45, 7) is 0. The van der Waals surface area contributed by atoms with Crippen molar-refractivity contribution < 1.29 is 42.2 Å². The Morgan fingerprint density at radius 2 is 0.738 bits per heavy atom. The van der Waals surface area contributed by atoms with Gasteiger partial charge in [0.15, 0.2) is 12.5 Å². The van der Waals surface area contributed by atoms with Crippen LogP contribution in [-0.2, 0) is 9.13 Å². The number of aliphatic hydroxyl groups is 2. The van der Waals surface area contributed by atoms with E-state index in [0.717, 1.165) is 9.80 Å². The second-order valence-corrected chi connectivity index (χ2v) is 12.9. The molecular weight excluding hydrogens is 582 g/mol. The van der Waals surface area contributed by atoms with Gasteiger partial charge in [0.2, 0.25) is 0 Å². The third-order valence-corrected chi connectivity index (χ3v) is 9.26. The molecule has 4 aromatic carbocycles. The van der Waals surface area contributed by atoms with Gasteiger partial charge in [-0.25, -0.2) is 13.9 Å². The molecule has 0 saturated carbocycles. The summed E-state index contributed by atoms with van der Waals surface area (Å²) in [5.41, 5.74) is 0. The van der Waals surface area contributed by atoms with E-state index in [-0.39, 0.29) is 23.0 Å². The van der Waals surface area contributed by atoms with Crippen molar-refractivity contribution >= 4 is 21.2 Å². The molecular formula is C29H28N2O9P2. The van der Waals surface area contributed by atoms with E-state index in [1.165, 1.54) is 0 Å². The molecule has 1 fully saturated rings. The summed E-state index contributed by atoms with van der Waals surface area (Å²) < 4.78 is 50.9. The van der Waals surface area contributed by atoms with Crippen LogP contribution in [0.2, 0.25) is 0 Å². The molecule has 2 amide bonds. The number of hydrogen-bond donors (Lipinski definition) is 2. The molecule has 0 aromatic heterocycles. The molecule has 0 spiro atoms. The summed E-state index contributed by atoms with van der Waals surface area (Å²) in [5.74, 6) is 0.805. The average molecular weight is 610 g/mol. The minimum atomic E-state index is -4.22. The van der Waals surface area contributed by atoms with Crippen molar-refractivity contribution in [3.8, 4) is 23.0 Å². The number of amides is 2. The van der Waals surface area contributed by atoms with E-state index in [1.807, 2.05) is 0 Å². The molecule has 1 heterocycles. The van der Waals surface area contributed by atoms with Crippen molar-refractivity contribution in [2.75, 3.05) is 12.6 Å². The first-order valence-electron chi connectivity index (χ1n) is 12.8.